The van der Waals surface area contributed by atoms with E-state index >= 15 is 0 Å². The molecule has 0 radical (unpaired) electrons. The number of aromatic nitrogens is 2. The Morgan fingerprint density at radius 3 is 3.04 bits per heavy atom. The molecule has 0 aliphatic carbocycles. The van der Waals surface area contributed by atoms with Crippen molar-refractivity contribution in [2.75, 3.05) is 13.2 Å². The van der Waals surface area contributed by atoms with E-state index in [2.05, 4.69) is 9.82 Å². The van der Waals surface area contributed by atoms with Gasteiger partial charge in [-0.3, -0.25) is 4.68 Å². The predicted molar refractivity (Wildman–Crippen MR) is 96.4 cm³/mol. The molecule has 1 aromatic carbocycles. The van der Waals surface area contributed by atoms with Crippen molar-refractivity contribution < 1.29 is 13.2 Å². The number of rotatable bonds is 6. The third kappa shape index (κ3) is 3.46. The lowest BCUT2D eigenvalue weighted by Gasteiger charge is -2.08. The van der Waals surface area contributed by atoms with Gasteiger partial charge in [0, 0.05) is 30.1 Å². The summed E-state index contributed by atoms with van der Waals surface area (Å²) >= 11 is 1.62. The molecule has 130 valence electrons. The highest BCUT2D eigenvalue weighted by atomic mass is 32.2. The molecule has 1 aliphatic heterocycles. The summed E-state index contributed by atoms with van der Waals surface area (Å²) in [5.74, 6) is 0.774. The topological polar surface area (TPSA) is 73.2 Å². The Kier molecular flexibility index (Phi) is 4.32. The molecule has 2 aromatic heterocycles. The van der Waals surface area contributed by atoms with E-state index in [1.165, 1.54) is 0 Å². The van der Waals surface area contributed by atoms with Crippen LogP contribution >= 0.6 is 11.3 Å². The minimum atomic E-state index is -3.53. The highest BCUT2D eigenvalue weighted by molar-refractivity contribution is 7.89. The Morgan fingerprint density at radius 1 is 1.28 bits per heavy atom. The van der Waals surface area contributed by atoms with Crippen LogP contribution in [0.4, 0.5) is 0 Å². The molecule has 25 heavy (non-hydrogen) atoms. The van der Waals surface area contributed by atoms with Crippen LogP contribution < -0.4 is 9.46 Å². The molecule has 1 N–H and O–H groups in total. The Balaban J connectivity index is 1.39. The molecule has 1 aliphatic rings. The Labute approximate surface area is 150 Å². The lowest BCUT2D eigenvalue weighted by molar-refractivity contribution is 0.356. The van der Waals surface area contributed by atoms with E-state index in [0.717, 1.165) is 29.0 Å². The van der Waals surface area contributed by atoms with Crippen LogP contribution in [-0.2, 0) is 23.0 Å². The SMILES string of the molecule is O=S(=O)(NCCn1ccc(-c2ccsc2)n1)c1ccc2c(c1)CCO2. The second-order valence-corrected chi connectivity index (χ2v) is 8.29. The van der Waals surface area contributed by atoms with Gasteiger partial charge >= 0.3 is 0 Å². The van der Waals surface area contributed by atoms with Crippen LogP contribution in [-0.4, -0.2) is 31.3 Å². The van der Waals surface area contributed by atoms with E-state index in [9.17, 15) is 8.42 Å². The van der Waals surface area contributed by atoms with Crippen molar-refractivity contribution in [3.63, 3.8) is 0 Å². The van der Waals surface area contributed by atoms with Gasteiger partial charge in [0.15, 0.2) is 0 Å². The van der Waals surface area contributed by atoms with Gasteiger partial charge in [0.25, 0.3) is 0 Å². The summed E-state index contributed by atoms with van der Waals surface area (Å²) in [5, 5.41) is 8.50. The van der Waals surface area contributed by atoms with Crippen molar-refractivity contribution in [3.05, 3.63) is 52.9 Å². The highest BCUT2D eigenvalue weighted by Crippen LogP contribution is 2.27. The van der Waals surface area contributed by atoms with Gasteiger partial charge in [0.2, 0.25) is 10.0 Å². The zero-order valence-corrected chi connectivity index (χ0v) is 15.0. The van der Waals surface area contributed by atoms with E-state index in [1.54, 1.807) is 34.2 Å². The number of benzene rings is 1. The van der Waals surface area contributed by atoms with E-state index < -0.39 is 10.0 Å². The number of nitrogens with one attached hydrogen (secondary N) is 1. The van der Waals surface area contributed by atoms with E-state index in [0.29, 0.717) is 13.2 Å². The van der Waals surface area contributed by atoms with Gasteiger partial charge in [0.1, 0.15) is 5.75 Å². The van der Waals surface area contributed by atoms with Gasteiger partial charge in [-0.15, -0.1) is 0 Å². The molecule has 8 heteroatoms. The number of hydrogen-bond donors (Lipinski definition) is 1. The second-order valence-electron chi connectivity index (χ2n) is 5.74. The van der Waals surface area contributed by atoms with Gasteiger partial charge in [0.05, 0.1) is 23.7 Å². The van der Waals surface area contributed by atoms with Gasteiger partial charge in [-0.2, -0.15) is 16.4 Å². The first-order valence-electron chi connectivity index (χ1n) is 7.93. The maximum absolute atomic E-state index is 12.4. The number of fused-ring (bicyclic) bond motifs is 1. The standard InChI is InChI=1S/C17H17N3O3S2/c21-25(22,15-1-2-17-13(11-15)4-9-23-17)18-6-8-20-7-3-16(19-20)14-5-10-24-12-14/h1-3,5,7,10-12,18H,4,6,8-9H2. The summed E-state index contributed by atoms with van der Waals surface area (Å²) in [4.78, 5) is 0.274. The monoisotopic (exact) mass is 375 g/mol. The highest BCUT2D eigenvalue weighted by Gasteiger charge is 2.18. The average molecular weight is 375 g/mol. The van der Waals surface area contributed by atoms with Crippen LogP contribution in [0, 0.1) is 0 Å². The molecule has 3 aromatic rings. The Morgan fingerprint density at radius 2 is 2.20 bits per heavy atom. The third-order valence-corrected chi connectivity index (χ3v) is 6.20. The maximum atomic E-state index is 12.4. The van der Waals surface area contributed by atoms with Crippen LogP contribution in [0.15, 0.2) is 52.2 Å². The summed E-state index contributed by atoms with van der Waals surface area (Å²) in [7, 11) is -3.53. The molecule has 0 amide bonds. The second kappa shape index (κ2) is 6.62. The molecule has 0 fully saturated rings. The summed E-state index contributed by atoms with van der Waals surface area (Å²) < 4.78 is 34.7. The molecular formula is C17H17N3O3S2. The average Bonchev–Trinajstić information content (AvgIpc) is 3.34. The zero-order chi connectivity index (χ0) is 17.3. The van der Waals surface area contributed by atoms with Gasteiger partial charge < -0.3 is 4.74 Å². The van der Waals surface area contributed by atoms with Crippen LogP contribution in [0.2, 0.25) is 0 Å². The number of sulfonamides is 1. The van der Waals surface area contributed by atoms with Gasteiger partial charge in [-0.05, 0) is 41.3 Å². The fourth-order valence-corrected chi connectivity index (χ4v) is 4.48. The normalized spacial score (nSPS) is 13.6. The molecule has 0 saturated carbocycles. The lowest BCUT2D eigenvalue weighted by Crippen LogP contribution is -2.27. The number of thiophene rings is 1. The first-order valence-corrected chi connectivity index (χ1v) is 10.4. The number of ether oxygens (including phenoxy) is 1. The Hall–Kier alpha value is -2.16. The lowest BCUT2D eigenvalue weighted by atomic mass is 10.2. The summed E-state index contributed by atoms with van der Waals surface area (Å²) in [6.45, 7) is 1.36. The molecule has 4 rings (SSSR count). The summed E-state index contributed by atoms with van der Waals surface area (Å²) in [6, 6.07) is 8.93. The smallest absolute Gasteiger partial charge is 0.240 e. The van der Waals surface area contributed by atoms with Crippen molar-refractivity contribution in [2.45, 2.75) is 17.9 Å². The molecular weight excluding hydrogens is 358 g/mol. The van der Waals surface area contributed by atoms with Crippen molar-refractivity contribution >= 4 is 21.4 Å². The van der Waals surface area contributed by atoms with Gasteiger partial charge in [-0.1, -0.05) is 0 Å². The van der Waals surface area contributed by atoms with E-state index in [-0.39, 0.29) is 11.4 Å². The van der Waals surface area contributed by atoms with Crippen LogP contribution in [0.5, 0.6) is 5.75 Å². The zero-order valence-electron chi connectivity index (χ0n) is 13.4. The van der Waals surface area contributed by atoms with Gasteiger partial charge in [-0.25, -0.2) is 13.1 Å². The first-order chi connectivity index (χ1) is 12.1. The third-order valence-electron chi connectivity index (χ3n) is 4.06. The maximum Gasteiger partial charge on any atom is 0.240 e. The summed E-state index contributed by atoms with van der Waals surface area (Å²) in [5.41, 5.74) is 2.91. The molecule has 0 unspecified atom stereocenters. The molecule has 0 bridgehead atoms. The fourth-order valence-electron chi connectivity index (χ4n) is 2.76. The largest absolute Gasteiger partial charge is 0.493 e. The molecule has 3 heterocycles. The van der Waals surface area contributed by atoms with Crippen molar-refractivity contribution in [2.24, 2.45) is 0 Å². The number of nitrogens with zero attached hydrogens (tertiary/aromatic N) is 2. The van der Waals surface area contributed by atoms with E-state index in [1.807, 2.05) is 29.1 Å². The molecule has 0 atom stereocenters. The quantitative estimate of drug-likeness (QED) is 0.719. The van der Waals surface area contributed by atoms with Crippen molar-refractivity contribution in [1.29, 1.82) is 0 Å². The summed E-state index contributed by atoms with van der Waals surface area (Å²) in [6.07, 6.45) is 2.60. The first kappa shape index (κ1) is 16.3. The molecule has 0 spiro atoms. The van der Waals surface area contributed by atoms with Crippen molar-refractivity contribution in [1.82, 2.24) is 14.5 Å². The molecule has 6 nitrogen and oxygen atoms in total. The van der Waals surface area contributed by atoms with Crippen LogP contribution in [0.25, 0.3) is 11.3 Å². The Bertz CT molecular complexity index is 978. The minimum Gasteiger partial charge on any atom is -0.493 e. The van der Waals surface area contributed by atoms with Crippen molar-refractivity contribution in [3.8, 4) is 17.0 Å². The minimum absolute atomic E-state index is 0.274. The van der Waals surface area contributed by atoms with Crippen LogP contribution in [0.1, 0.15) is 5.56 Å². The van der Waals surface area contributed by atoms with E-state index in [4.69, 9.17) is 4.74 Å². The number of hydrogen-bond acceptors (Lipinski definition) is 5. The van der Waals surface area contributed by atoms with Crippen LogP contribution in [0.3, 0.4) is 0 Å². The fraction of sp³-hybridized carbons (Fsp3) is 0.235. The predicted octanol–water partition coefficient (Wildman–Crippen LogP) is 2.53. The molecule has 0 saturated heterocycles.